The third kappa shape index (κ3) is 4.99. The maximum absolute atomic E-state index is 3.73. The molecule has 0 heterocycles. The average molecular weight is 196 g/mol. The Balaban J connectivity index is 4.86. The van der Waals surface area contributed by atoms with Crippen LogP contribution >= 0.6 is 11.8 Å². The third-order valence-corrected chi connectivity index (χ3v) is 2.61. The zero-order valence-corrected chi connectivity index (χ0v) is 10.2. The van der Waals surface area contributed by atoms with Crippen LogP contribution in [0.4, 0.5) is 0 Å². The van der Waals surface area contributed by atoms with Gasteiger partial charge in [0.25, 0.3) is 0 Å². The highest BCUT2D eigenvalue weighted by atomic mass is 32.2. The molecule has 0 amide bonds. The number of allylic oxidation sites excluding steroid dienone is 5. The van der Waals surface area contributed by atoms with Gasteiger partial charge in [-0.2, -0.15) is 0 Å². The van der Waals surface area contributed by atoms with E-state index in [1.807, 2.05) is 6.08 Å². The molecular weight excluding hydrogens is 176 g/mol. The van der Waals surface area contributed by atoms with Crippen LogP contribution < -0.4 is 0 Å². The fourth-order valence-corrected chi connectivity index (χ4v) is 1.16. The molecule has 0 N–H and O–H groups in total. The fraction of sp³-hybridized carbons (Fsp3) is 0.500. The summed E-state index contributed by atoms with van der Waals surface area (Å²) in [6, 6.07) is 0. The van der Waals surface area contributed by atoms with Crippen LogP contribution in [0.25, 0.3) is 0 Å². The first-order chi connectivity index (χ1) is 5.91. The number of hydrogen-bond donors (Lipinski definition) is 0. The molecule has 74 valence electrons. The van der Waals surface area contributed by atoms with Crippen molar-refractivity contribution >= 4 is 11.8 Å². The molecule has 0 bridgehead atoms. The van der Waals surface area contributed by atoms with E-state index in [4.69, 9.17) is 0 Å². The van der Waals surface area contributed by atoms with Crippen LogP contribution in [0.2, 0.25) is 0 Å². The molecule has 0 aromatic carbocycles. The molecule has 0 nitrogen and oxygen atoms in total. The summed E-state index contributed by atoms with van der Waals surface area (Å²) in [7, 11) is 0. The lowest BCUT2D eigenvalue weighted by Gasteiger charge is -2.20. The molecule has 0 unspecified atom stereocenters. The first kappa shape index (κ1) is 12.6. The first-order valence-corrected chi connectivity index (χ1v) is 5.69. The molecule has 0 saturated heterocycles. The molecule has 13 heavy (non-hydrogen) atoms. The van der Waals surface area contributed by atoms with Crippen molar-refractivity contribution in [3.05, 3.63) is 35.3 Å². The molecule has 0 aliphatic heterocycles. The molecule has 0 aliphatic rings. The number of hydrogen-bond acceptors (Lipinski definition) is 1. The zero-order valence-electron chi connectivity index (χ0n) is 9.35. The van der Waals surface area contributed by atoms with Crippen molar-refractivity contribution in [3.8, 4) is 0 Å². The Kier molecular flexibility index (Phi) is 5.16. The van der Waals surface area contributed by atoms with Crippen molar-refractivity contribution in [2.75, 3.05) is 6.26 Å². The SMILES string of the molecule is C=C/C=C(\C=C(/C)SC)C(C)(C)C. The minimum atomic E-state index is 0.200. The predicted octanol–water partition coefficient (Wildman–Crippen LogP) is 4.41. The summed E-state index contributed by atoms with van der Waals surface area (Å²) in [5.41, 5.74) is 1.53. The maximum atomic E-state index is 3.73. The van der Waals surface area contributed by atoms with Gasteiger partial charge in [-0.15, -0.1) is 11.8 Å². The lowest BCUT2D eigenvalue weighted by Crippen LogP contribution is -2.07. The van der Waals surface area contributed by atoms with Crippen LogP contribution in [0.15, 0.2) is 35.3 Å². The van der Waals surface area contributed by atoms with Crippen LogP contribution in [-0.4, -0.2) is 6.26 Å². The topological polar surface area (TPSA) is 0 Å². The van der Waals surface area contributed by atoms with Gasteiger partial charge in [-0.1, -0.05) is 39.5 Å². The van der Waals surface area contributed by atoms with E-state index in [9.17, 15) is 0 Å². The maximum Gasteiger partial charge on any atom is -0.0132 e. The second-order valence-electron chi connectivity index (χ2n) is 4.07. The Hall–Kier alpha value is -0.430. The monoisotopic (exact) mass is 196 g/mol. The van der Waals surface area contributed by atoms with Crippen molar-refractivity contribution < 1.29 is 0 Å². The van der Waals surface area contributed by atoms with Gasteiger partial charge < -0.3 is 0 Å². The van der Waals surface area contributed by atoms with Gasteiger partial charge >= 0.3 is 0 Å². The lowest BCUT2D eigenvalue weighted by atomic mass is 9.86. The Labute approximate surface area is 86.8 Å². The minimum Gasteiger partial charge on any atom is -0.134 e. The van der Waals surface area contributed by atoms with Gasteiger partial charge in [0.15, 0.2) is 0 Å². The smallest absolute Gasteiger partial charge is 0.0132 e. The van der Waals surface area contributed by atoms with Crippen LogP contribution in [0.3, 0.4) is 0 Å². The molecule has 0 fully saturated rings. The van der Waals surface area contributed by atoms with E-state index in [2.05, 4.69) is 52.7 Å². The van der Waals surface area contributed by atoms with Crippen molar-refractivity contribution in [3.63, 3.8) is 0 Å². The van der Waals surface area contributed by atoms with E-state index in [-0.39, 0.29) is 5.41 Å². The highest BCUT2D eigenvalue weighted by Crippen LogP contribution is 2.28. The Bertz CT molecular complexity index is 226. The Morgan fingerprint density at radius 3 is 2.15 bits per heavy atom. The van der Waals surface area contributed by atoms with Crippen molar-refractivity contribution in [1.82, 2.24) is 0 Å². The van der Waals surface area contributed by atoms with Crippen LogP contribution in [0, 0.1) is 5.41 Å². The van der Waals surface area contributed by atoms with E-state index in [0.717, 1.165) is 0 Å². The molecule has 0 aromatic rings. The largest absolute Gasteiger partial charge is 0.134 e. The summed E-state index contributed by atoms with van der Waals surface area (Å²) in [6.07, 6.45) is 8.26. The van der Waals surface area contributed by atoms with Gasteiger partial charge in [0, 0.05) is 0 Å². The molecule has 0 radical (unpaired) electrons. The van der Waals surface area contributed by atoms with Crippen LogP contribution in [-0.2, 0) is 0 Å². The average Bonchev–Trinajstić information content (AvgIpc) is 2.01. The highest BCUT2D eigenvalue weighted by Gasteiger charge is 2.13. The highest BCUT2D eigenvalue weighted by molar-refractivity contribution is 8.02. The molecule has 0 spiro atoms. The minimum absolute atomic E-state index is 0.200. The summed E-state index contributed by atoms with van der Waals surface area (Å²) in [5.74, 6) is 0. The third-order valence-electron chi connectivity index (χ3n) is 1.84. The standard InChI is InChI=1S/C12H20S/c1-7-8-11(12(3,4)5)9-10(2)13-6/h7-9H,1H2,2-6H3/b10-9+,11-8+. The van der Waals surface area contributed by atoms with Crippen molar-refractivity contribution in [2.24, 2.45) is 5.41 Å². The quantitative estimate of drug-likeness (QED) is 0.602. The Morgan fingerprint density at radius 2 is 1.85 bits per heavy atom. The number of thioether (sulfide) groups is 1. The summed E-state index contributed by atoms with van der Waals surface area (Å²) >= 11 is 1.78. The first-order valence-electron chi connectivity index (χ1n) is 4.47. The summed E-state index contributed by atoms with van der Waals surface area (Å²) in [4.78, 5) is 1.34. The van der Waals surface area contributed by atoms with E-state index < -0.39 is 0 Å². The van der Waals surface area contributed by atoms with Gasteiger partial charge in [0.1, 0.15) is 0 Å². The lowest BCUT2D eigenvalue weighted by molar-refractivity contribution is 0.517. The van der Waals surface area contributed by atoms with Gasteiger partial charge in [0.2, 0.25) is 0 Å². The summed E-state index contributed by atoms with van der Waals surface area (Å²) in [6.45, 7) is 12.5. The zero-order chi connectivity index (χ0) is 10.5. The molecule has 0 aromatic heterocycles. The van der Waals surface area contributed by atoms with Crippen LogP contribution in [0.1, 0.15) is 27.7 Å². The van der Waals surface area contributed by atoms with Gasteiger partial charge in [-0.25, -0.2) is 0 Å². The molecule has 0 saturated carbocycles. The second-order valence-corrected chi connectivity index (χ2v) is 5.12. The molecule has 0 atom stereocenters. The van der Waals surface area contributed by atoms with Gasteiger partial charge in [0.05, 0.1) is 0 Å². The predicted molar refractivity (Wildman–Crippen MR) is 65.0 cm³/mol. The summed E-state index contributed by atoms with van der Waals surface area (Å²) < 4.78 is 0. The molecule has 0 rings (SSSR count). The Morgan fingerprint density at radius 1 is 1.31 bits per heavy atom. The van der Waals surface area contributed by atoms with Gasteiger partial charge in [-0.05, 0) is 35.1 Å². The molecular formula is C12H20S. The summed E-state index contributed by atoms with van der Waals surface area (Å²) in [5, 5.41) is 0. The van der Waals surface area contributed by atoms with E-state index in [0.29, 0.717) is 0 Å². The normalized spacial score (nSPS) is 14.5. The van der Waals surface area contributed by atoms with Crippen molar-refractivity contribution in [2.45, 2.75) is 27.7 Å². The fourth-order valence-electron chi connectivity index (χ4n) is 0.919. The molecule has 0 aliphatic carbocycles. The number of rotatable bonds is 3. The second kappa shape index (κ2) is 5.33. The van der Waals surface area contributed by atoms with E-state index in [1.54, 1.807) is 11.8 Å². The van der Waals surface area contributed by atoms with Crippen molar-refractivity contribution in [1.29, 1.82) is 0 Å². The van der Waals surface area contributed by atoms with E-state index in [1.165, 1.54) is 10.5 Å². The van der Waals surface area contributed by atoms with E-state index >= 15 is 0 Å². The van der Waals surface area contributed by atoms with Gasteiger partial charge in [-0.3, -0.25) is 0 Å². The molecule has 1 heteroatoms. The van der Waals surface area contributed by atoms with Crippen LogP contribution in [0.5, 0.6) is 0 Å².